The Labute approximate surface area is 94.1 Å². The van der Waals surface area contributed by atoms with Gasteiger partial charge >= 0.3 is 0 Å². The van der Waals surface area contributed by atoms with Gasteiger partial charge in [0.05, 0.1) is 5.56 Å². The van der Waals surface area contributed by atoms with Crippen LogP contribution in [0.5, 0.6) is 11.5 Å². The monoisotopic (exact) mass is 221 g/mol. The summed E-state index contributed by atoms with van der Waals surface area (Å²) in [5.74, 6) is -0.286. The maximum Gasteiger partial charge on any atom is 0.257 e. The maximum atomic E-state index is 12.0. The van der Waals surface area contributed by atoms with Gasteiger partial charge in [0.15, 0.2) is 11.5 Å². The van der Waals surface area contributed by atoms with Crippen molar-refractivity contribution in [1.82, 2.24) is 4.90 Å². The van der Waals surface area contributed by atoms with Gasteiger partial charge in [0.25, 0.3) is 5.91 Å². The zero-order valence-electron chi connectivity index (χ0n) is 9.18. The van der Waals surface area contributed by atoms with Crippen molar-refractivity contribution in [3.8, 4) is 11.5 Å². The lowest BCUT2D eigenvalue weighted by Gasteiger charge is -2.16. The minimum absolute atomic E-state index is 0.175. The summed E-state index contributed by atoms with van der Waals surface area (Å²) < 4.78 is 0. The number of hydrogen-bond acceptors (Lipinski definition) is 3. The number of amides is 1. The summed E-state index contributed by atoms with van der Waals surface area (Å²) in [6.45, 7) is 3.53. The number of carbonyl (C=O) groups excluding carboxylic acids is 1. The van der Waals surface area contributed by atoms with E-state index in [0.717, 1.165) is 13.0 Å². The standard InChI is InChI=1S/C12H15NO3/c1-8-5-6-13(7-8)12(16)9-3-2-4-10(14)11(9)15/h2-4,8,14-15H,5-7H2,1H3. The molecule has 2 rings (SSSR count). The molecule has 0 spiro atoms. The van der Waals surface area contributed by atoms with Crippen molar-refractivity contribution in [2.45, 2.75) is 13.3 Å². The molecule has 4 heteroatoms. The van der Waals surface area contributed by atoms with Gasteiger partial charge in [-0.1, -0.05) is 13.0 Å². The number of likely N-dealkylation sites (tertiary alicyclic amines) is 1. The number of carbonyl (C=O) groups is 1. The van der Waals surface area contributed by atoms with E-state index in [9.17, 15) is 15.0 Å². The molecule has 1 unspecified atom stereocenters. The highest BCUT2D eigenvalue weighted by molar-refractivity contribution is 5.97. The normalized spacial score (nSPS) is 20.1. The number of phenols is 2. The fourth-order valence-electron chi connectivity index (χ4n) is 1.99. The van der Waals surface area contributed by atoms with Crippen LogP contribution in [0.3, 0.4) is 0 Å². The molecule has 16 heavy (non-hydrogen) atoms. The maximum absolute atomic E-state index is 12.0. The second kappa shape index (κ2) is 4.04. The Bertz CT molecular complexity index is 417. The van der Waals surface area contributed by atoms with Crippen LogP contribution < -0.4 is 0 Å². The van der Waals surface area contributed by atoms with E-state index < -0.39 is 0 Å². The van der Waals surface area contributed by atoms with Crippen LogP contribution in [-0.4, -0.2) is 34.1 Å². The first-order chi connectivity index (χ1) is 7.59. The van der Waals surface area contributed by atoms with E-state index in [4.69, 9.17) is 0 Å². The molecular weight excluding hydrogens is 206 g/mol. The molecule has 0 bridgehead atoms. The number of rotatable bonds is 1. The molecule has 1 fully saturated rings. The van der Waals surface area contributed by atoms with Crippen LogP contribution in [0.15, 0.2) is 18.2 Å². The van der Waals surface area contributed by atoms with E-state index in [1.54, 1.807) is 11.0 Å². The average molecular weight is 221 g/mol. The Kier molecular flexibility index (Phi) is 2.73. The third kappa shape index (κ3) is 1.83. The van der Waals surface area contributed by atoms with E-state index in [1.165, 1.54) is 12.1 Å². The molecule has 0 radical (unpaired) electrons. The van der Waals surface area contributed by atoms with Crippen molar-refractivity contribution in [2.24, 2.45) is 5.92 Å². The molecule has 1 aromatic carbocycles. The van der Waals surface area contributed by atoms with E-state index in [1.807, 2.05) is 0 Å². The Morgan fingerprint density at radius 3 is 2.81 bits per heavy atom. The summed E-state index contributed by atoms with van der Waals surface area (Å²) in [6, 6.07) is 4.45. The highest BCUT2D eigenvalue weighted by atomic mass is 16.3. The van der Waals surface area contributed by atoms with E-state index in [0.29, 0.717) is 12.5 Å². The van der Waals surface area contributed by atoms with Crippen molar-refractivity contribution >= 4 is 5.91 Å². The van der Waals surface area contributed by atoms with E-state index in [2.05, 4.69) is 6.92 Å². The molecule has 1 aliphatic rings. The number of nitrogens with zero attached hydrogens (tertiary/aromatic N) is 1. The molecule has 0 saturated carbocycles. The van der Waals surface area contributed by atoms with Crippen LogP contribution in [-0.2, 0) is 0 Å². The third-order valence-corrected chi connectivity index (χ3v) is 2.96. The predicted octanol–water partition coefficient (Wildman–Crippen LogP) is 1.58. The third-order valence-electron chi connectivity index (χ3n) is 2.96. The summed E-state index contributed by atoms with van der Waals surface area (Å²) in [4.78, 5) is 13.7. The highest BCUT2D eigenvalue weighted by Crippen LogP contribution is 2.30. The first-order valence-corrected chi connectivity index (χ1v) is 5.40. The van der Waals surface area contributed by atoms with Gasteiger partial charge < -0.3 is 15.1 Å². The lowest BCUT2D eigenvalue weighted by Crippen LogP contribution is -2.28. The van der Waals surface area contributed by atoms with Crippen molar-refractivity contribution in [3.05, 3.63) is 23.8 Å². The largest absolute Gasteiger partial charge is 0.504 e. The molecule has 1 heterocycles. The summed E-state index contributed by atoms with van der Waals surface area (Å²) in [6.07, 6.45) is 0.991. The van der Waals surface area contributed by atoms with Crippen LogP contribution in [0.1, 0.15) is 23.7 Å². The Balaban J connectivity index is 2.24. The quantitative estimate of drug-likeness (QED) is 0.708. The van der Waals surface area contributed by atoms with Gasteiger partial charge in [-0.2, -0.15) is 0 Å². The van der Waals surface area contributed by atoms with Gasteiger partial charge in [-0.05, 0) is 24.5 Å². The molecule has 1 amide bonds. The molecule has 0 aromatic heterocycles. The van der Waals surface area contributed by atoms with Gasteiger partial charge in [-0.3, -0.25) is 4.79 Å². The smallest absolute Gasteiger partial charge is 0.257 e. The van der Waals surface area contributed by atoms with Crippen molar-refractivity contribution < 1.29 is 15.0 Å². The van der Waals surface area contributed by atoms with E-state index in [-0.39, 0.29) is 23.0 Å². The van der Waals surface area contributed by atoms with E-state index >= 15 is 0 Å². The number of aromatic hydroxyl groups is 2. The summed E-state index contributed by atoms with van der Waals surface area (Å²) >= 11 is 0. The predicted molar refractivity (Wildman–Crippen MR) is 59.5 cm³/mol. The number of hydrogen-bond donors (Lipinski definition) is 2. The summed E-state index contributed by atoms with van der Waals surface area (Å²) in [7, 11) is 0. The first-order valence-electron chi connectivity index (χ1n) is 5.40. The molecule has 1 aromatic rings. The minimum Gasteiger partial charge on any atom is -0.504 e. The fraction of sp³-hybridized carbons (Fsp3) is 0.417. The lowest BCUT2D eigenvalue weighted by atomic mass is 10.1. The number of benzene rings is 1. The van der Waals surface area contributed by atoms with Crippen molar-refractivity contribution in [3.63, 3.8) is 0 Å². The molecule has 1 aliphatic heterocycles. The summed E-state index contributed by atoms with van der Waals surface area (Å²) in [5, 5.41) is 18.9. The van der Waals surface area contributed by atoms with Gasteiger partial charge in [-0.25, -0.2) is 0 Å². The van der Waals surface area contributed by atoms with Gasteiger partial charge in [0.1, 0.15) is 0 Å². The Morgan fingerprint density at radius 1 is 1.44 bits per heavy atom. The minimum atomic E-state index is -0.327. The zero-order valence-corrected chi connectivity index (χ0v) is 9.18. The van der Waals surface area contributed by atoms with Gasteiger partial charge in [0.2, 0.25) is 0 Å². The lowest BCUT2D eigenvalue weighted by molar-refractivity contribution is 0.0784. The molecule has 0 aliphatic carbocycles. The number of para-hydroxylation sites is 1. The molecule has 1 atom stereocenters. The second-order valence-electron chi connectivity index (χ2n) is 4.32. The summed E-state index contributed by atoms with van der Waals surface area (Å²) in [5.41, 5.74) is 0.175. The van der Waals surface area contributed by atoms with Crippen molar-refractivity contribution in [2.75, 3.05) is 13.1 Å². The molecule has 4 nitrogen and oxygen atoms in total. The molecule has 86 valence electrons. The van der Waals surface area contributed by atoms with Crippen LogP contribution in [0.25, 0.3) is 0 Å². The van der Waals surface area contributed by atoms with Crippen molar-refractivity contribution in [1.29, 1.82) is 0 Å². The fourth-order valence-corrected chi connectivity index (χ4v) is 1.99. The van der Waals surface area contributed by atoms with Crippen LogP contribution in [0.2, 0.25) is 0 Å². The first kappa shape index (κ1) is 10.8. The number of phenolic OH excluding ortho intramolecular Hbond substituents is 2. The molecule has 2 N–H and O–H groups in total. The van der Waals surface area contributed by atoms with Crippen LogP contribution >= 0.6 is 0 Å². The molecular formula is C12H15NO3. The highest BCUT2D eigenvalue weighted by Gasteiger charge is 2.26. The second-order valence-corrected chi connectivity index (χ2v) is 4.32. The molecule has 1 saturated heterocycles. The van der Waals surface area contributed by atoms with Crippen LogP contribution in [0.4, 0.5) is 0 Å². The van der Waals surface area contributed by atoms with Gasteiger partial charge in [0, 0.05) is 13.1 Å². The van der Waals surface area contributed by atoms with Crippen LogP contribution in [0, 0.1) is 5.92 Å². The zero-order chi connectivity index (χ0) is 11.7. The topological polar surface area (TPSA) is 60.8 Å². The Morgan fingerprint density at radius 2 is 2.19 bits per heavy atom. The Hall–Kier alpha value is -1.71. The van der Waals surface area contributed by atoms with Gasteiger partial charge in [-0.15, -0.1) is 0 Å². The average Bonchev–Trinajstić information content (AvgIpc) is 2.68. The SMILES string of the molecule is CC1CCN(C(=O)c2cccc(O)c2O)C1.